The van der Waals surface area contributed by atoms with Crippen LogP contribution in [-0.2, 0) is 9.84 Å². The SMILES string of the molecule is CS(=O)(=O)c1ccc(-c2nn(-c3cccnc3)cc2Sc2ccc(I)cc2)cc1. The first kappa shape index (κ1) is 20.1. The summed E-state index contributed by atoms with van der Waals surface area (Å²) in [5.41, 5.74) is 2.50. The molecule has 4 rings (SSSR count). The van der Waals surface area contributed by atoms with Crippen LogP contribution in [0.3, 0.4) is 0 Å². The zero-order valence-electron chi connectivity index (χ0n) is 15.4. The average Bonchev–Trinajstić information content (AvgIpc) is 3.14. The van der Waals surface area contributed by atoms with E-state index in [9.17, 15) is 8.42 Å². The fourth-order valence-electron chi connectivity index (χ4n) is 2.74. The van der Waals surface area contributed by atoms with Crippen LogP contribution in [0.1, 0.15) is 0 Å². The predicted molar refractivity (Wildman–Crippen MR) is 123 cm³/mol. The van der Waals surface area contributed by atoms with E-state index in [1.54, 1.807) is 53.1 Å². The third-order valence-electron chi connectivity index (χ3n) is 4.19. The predicted octanol–water partition coefficient (Wildman–Crippen LogP) is 5.09. The van der Waals surface area contributed by atoms with Gasteiger partial charge in [0.25, 0.3) is 0 Å². The molecule has 2 aromatic carbocycles. The Labute approximate surface area is 187 Å². The number of aromatic nitrogens is 3. The molecule has 0 saturated heterocycles. The molecule has 0 radical (unpaired) electrons. The van der Waals surface area contributed by atoms with E-state index in [1.807, 2.05) is 18.3 Å². The van der Waals surface area contributed by atoms with E-state index in [2.05, 4.69) is 51.8 Å². The van der Waals surface area contributed by atoms with Crippen LogP contribution in [0.15, 0.2) is 93.9 Å². The van der Waals surface area contributed by atoms with Gasteiger partial charge in [-0.3, -0.25) is 4.98 Å². The van der Waals surface area contributed by atoms with Gasteiger partial charge in [0.2, 0.25) is 0 Å². The van der Waals surface area contributed by atoms with Gasteiger partial charge in [-0.1, -0.05) is 23.9 Å². The molecule has 4 aromatic rings. The van der Waals surface area contributed by atoms with Gasteiger partial charge in [0, 0.05) is 32.7 Å². The van der Waals surface area contributed by atoms with Crippen molar-refractivity contribution in [3.63, 3.8) is 0 Å². The monoisotopic (exact) mass is 533 g/mol. The summed E-state index contributed by atoms with van der Waals surface area (Å²) in [6.45, 7) is 0. The summed E-state index contributed by atoms with van der Waals surface area (Å²) in [5, 5.41) is 4.76. The van der Waals surface area contributed by atoms with Gasteiger partial charge in [-0.05, 0) is 71.1 Å². The van der Waals surface area contributed by atoms with Crippen LogP contribution in [0, 0.1) is 3.57 Å². The molecular weight excluding hydrogens is 517 g/mol. The van der Waals surface area contributed by atoms with E-state index in [-0.39, 0.29) is 0 Å². The molecule has 0 aliphatic carbocycles. The van der Waals surface area contributed by atoms with Gasteiger partial charge in [0.1, 0.15) is 5.69 Å². The summed E-state index contributed by atoms with van der Waals surface area (Å²) < 4.78 is 26.5. The second kappa shape index (κ2) is 8.29. The molecule has 146 valence electrons. The molecule has 0 unspecified atom stereocenters. The maximum absolute atomic E-state index is 11.8. The standard InChI is InChI=1S/C21H16IN3O2S2/c1-29(26,27)19-10-4-15(5-11-19)21-20(28-18-8-6-16(22)7-9-18)14-25(24-21)17-3-2-12-23-13-17/h2-14H,1H3. The summed E-state index contributed by atoms with van der Waals surface area (Å²) in [5.74, 6) is 0. The van der Waals surface area contributed by atoms with Crippen LogP contribution in [0.25, 0.3) is 16.9 Å². The lowest BCUT2D eigenvalue weighted by Gasteiger charge is -2.04. The third kappa shape index (κ3) is 4.71. The molecule has 8 heteroatoms. The molecule has 0 bridgehead atoms. The molecule has 0 saturated carbocycles. The van der Waals surface area contributed by atoms with Crippen molar-refractivity contribution in [2.45, 2.75) is 14.7 Å². The Morgan fingerprint density at radius 1 is 1.00 bits per heavy atom. The van der Waals surface area contributed by atoms with Crippen molar-refractivity contribution in [3.05, 3.63) is 82.8 Å². The topological polar surface area (TPSA) is 64.8 Å². The molecule has 0 fully saturated rings. The highest BCUT2D eigenvalue weighted by molar-refractivity contribution is 14.1. The van der Waals surface area contributed by atoms with Gasteiger partial charge in [-0.15, -0.1) is 0 Å². The smallest absolute Gasteiger partial charge is 0.175 e. The Morgan fingerprint density at radius 2 is 1.72 bits per heavy atom. The first-order valence-electron chi connectivity index (χ1n) is 8.64. The van der Waals surface area contributed by atoms with Crippen LogP contribution in [0.4, 0.5) is 0 Å². The van der Waals surface area contributed by atoms with Gasteiger partial charge >= 0.3 is 0 Å². The first-order chi connectivity index (χ1) is 13.9. The van der Waals surface area contributed by atoms with Crippen LogP contribution < -0.4 is 0 Å². The van der Waals surface area contributed by atoms with Crippen molar-refractivity contribution in [1.29, 1.82) is 0 Å². The summed E-state index contributed by atoms with van der Waals surface area (Å²) in [7, 11) is -3.24. The van der Waals surface area contributed by atoms with Crippen molar-refractivity contribution in [2.24, 2.45) is 0 Å². The lowest BCUT2D eigenvalue weighted by molar-refractivity contribution is 0.602. The first-order valence-corrected chi connectivity index (χ1v) is 12.4. The minimum atomic E-state index is -3.24. The number of halogens is 1. The van der Waals surface area contributed by atoms with Gasteiger partial charge in [-0.25, -0.2) is 13.1 Å². The van der Waals surface area contributed by atoms with E-state index in [0.29, 0.717) is 4.90 Å². The van der Waals surface area contributed by atoms with Gasteiger partial charge < -0.3 is 0 Å². The van der Waals surface area contributed by atoms with Crippen molar-refractivity contribution >= 4 is 44.2 Å². The second-order valence-corrected chi connectivity index (χ2v) is 10.7. The van der Waals surface area contributed by atoms with Crippen LogP contribution in [0.2, 0.25) is 0 Å². The molecule has 0 aliphatic heterocycles. The third-order valence-corrected chi connectivity index (χ3v) is 7.06. The number of hydrogen-bond donors (Lipinski definition) is 0. The maximum Gasteiger partial charge on any atom is 0.175 e. The van der Waals surface area contributed by atoms with E-state index >= 15 is 0 Å². The van der Waals surface area contributed by atoms with E-state index in [4.69, 9.17) is 5.10 Å². The largest absolute Gasteiger partial charge is 0.262 e. The molecule has 0 spiro atoms. The zero-order valence-corrected chi connectivity index (χ0v) is 19.1. The van der Waals surface area contributed by atoms with Gasteiger partial charge in [0.05, 0.1) is 21.7 Å². The minimum Gasteiger partial charge on any atom is -0.262 e. The fourth-order valence-corrected chi connectivity index (χ4v) is 4.67. The van der Waals surface area contributed by atoms with Crippen molar-refractivity contribution < 1.29 is 8.42 Å². The summed E-state index contributed by atoms with van der Waals surface area (Å²) in [4.78, 5) is 6.54. The summed E-state index contributed by atoms with van der Waals surface area (Å²) in [6, 6.07) is 18.9. The Bertz CT molecular complexity index is 1240. The van der Waals surface area contributed by atoms with Crippen molar-refractivity contribution in [3.8, 4) is 16.9 Å². The molecule has 2 aromatic heterocycles. The fraction of sp³-hybridized carbons (Fsp3) is 0.0476. The Kier molecular flexibility index (Phi) is 5.75. The number of hydrogen-bond acceptors (Lipinski definition) is 5. The number of rotatable bonds is 5. The minimum absolute atomic E-state index is 0.291. The highest BCUT2D eigenvalue weighted by Gasteiger charge is 2.15. The number of benzene rings is 2. The summed E-state index contributed by atoms with van der Waals surface area (Å²) in [6.07, 6.45) is 6.65. The average molecular weight is 533 g/mol. The molecular formula is C21H16IN3O2S2. The number of sulfone groups is 1. The molecule has 0 N–H and O–H groups in total. The molecule has 2 heterocycles. The quantitative estimate of drug-likeness (QED) is 0.335. The van der Waals surface area contributed by atoms with E-state index < -0.39 is 9.84 Å². The van der Waals surface area contributed by atoms with Crippen LogP contribution in [0.5, 0.6) is 0 Å². The highest BCUT2D eigenvalue weighted by atomic mass is 127. The highest BCUT2D eigenvalue weighted by Crippen LogP contribution is 2.36. The van der Waals surface area contributed by atoms with Crippen molar-refractivity contribution in [2.75, 3.05) is 6.26 Å². The molecule has 0 aliphatic rings. The van der Waals surface area contributed by atoms with Gasteiger partial charge in [0.15, 0.2) is 9.84 Å². The number of nitrogens with zero attached hydrogens (tertiary/aromatic N) is 3. The van der Waals surface area contributed by atoms with Crippen molar-refractivity contribution in [1.82, 2.24) is 14.8 Å². The lowest BCUT2D eigenvalue weighted by atomic mass is 10.2. The van der Waals surface area contributed by atoms with E-state index in [1.165, 1.54) is 9.83 Å². The van der Waals surface area contributed by atoms with Crippen LogP contribution in [-0.4, -0.2) is 29.4 Å². The second-order valence-electron chi connectivity index (χ2n) is 6.35. The molecule has 0 atom stereocenters. The zero-order chi connectivity index (χ0) is 20.4. The Balaban J connectivity index is 1.78. The number of pyridine rings is 1. The Hall–Kier alpha value is -2.17. The van der Waals surface area contributed by atoms with Gasteiger partial charge in [-0.2, -0.15) is 5.10 Å². The lowest BCUT2D eigenvalue weighted by Crippen LogP contribution is -1.97. The maximum atomic E-state index is 11.8. The Morgan fingerprint density at radius 3 is 2.34 bits per heavy atom. The molecule has 29 heavy (non-hydrogen) atoms. The summed E-state index contributed by atoms with van der Waals surface area (Å²) >= 11 is 3.90. The normalized spacial score (nSPS) is 11.5. The van der Waals surface area contributed by atoms with E-state index in [0.717, 1.165) is 26.7 Å². The van der Waals surface area contributed by atoms with Crippen LogP contribution >= 0.6 is 34.4 Å². The molecule has 5 nitrogen and oxygen atoms in total. The molecule has 0 amide bonds.